The number of carboxylic acid groups (broad SMARTS) is 1. The van der Waals surface area contributed by atoms with Gasteiger partial charge in [-0.15, -0.1) is 0 Å². The second kappa shape index (κ2) is 44.2. The zero-order chi connectivity index (χ0) is 41.7. The van der Waals surface area contributed by atoms with Crippen LogP contribution in [-0.4, -0.2) is 41.6 Å². The van der Waals surface area contributed by atoms with E-state index in [1.54, 1.807) is 0 Å². The number of nitrogens with one attached hydrogen (secondary N) is 1. The molecular formula is C50H88N2O5. The summed E-state index contributed by atoms with van der Waals surface area (Å²) in [4.78, 5) is 36.5. The van der Waals surface area contributed by atoms with Crippen LogP contribution in [0.25, 0.3) is 0 Å². The van der Waals surface area contributed by atoms with Gasteiger partial charge in [-0.1, -0.05) is 177 Å². The quantitative estimate of drug-likeness (QED) is 0.0321. The molecule has 2 atom stereocenters. The first-order valence-corrected chi connectivity index (χ1v) is 23.6. The van der Waals surface area contributed by atoms with Crippen molar-refractivity contribution in [3.8, 4) is 0 Å². The molecule has 0 bridgehead atoms. The summed E-state index contributed by atoms with van der Waals surface area (Å²) in [6.07, 6.45) is 55.5. The van der Waals surface area contributed by atoms with Crippen LogP contribution in [0.4, 0.5) is 0 Å². The lowest BCUT2D eigenvalue weighted by molar-refractivity contribution is -0.150. The Morgan fingerprint density at radius 1 is 0.526 bits per heavy atom. The van der Waals surface area contributed by atoms with Crippen LogP contribution in [0.5, 0.6) is 0 Å². The molecule has 0 heterocycles. The lowest BCUT2D eigenvalue weighted by Crippen LogP contribution is -2.40. The number of unbranched alkanes of at least 4 members (excludes halogenated alkanes) is 18. The molecule has 0 saturated heterocycles. The van der Waals surface area contributed by atoms with E-state index in [-0.39, 0.29) is 18.0 Å². The van der Waals surface area contributed by atoms with Crippen molar-refractivity contribution in [3.05, 3.63) is 60.8 Å². The zero-order valence-corrected chi connectivity index (χ0v) is 36.9. The summed E-state index contributed by atoms with van der Waals surface area (Å²) in [7, 11) is 0. The maximum Gasteiger partial charge on any atom is 0.326 e. The average Bonchev–Trinajstić information content (AvgIpc) is 3.20. The molecule has 7 nitrogen and oxygen atoms in total. The normalized spacial score (nSPS) is 13.2. The van der Waals surface area contributed by atoms with Crippen LogP contribution < -0.4 is 11.1 Å². The first-order valence-electron chi connectivity index (χ1n) is 23.6. The SMILES string of the molecule is CC/C=C\C/C=C\C/C=C\C/C=C\C/C=C\CCCC(=O)OC(CCCCCCCCCCCCCCCC)CCCCCCCC(=O)NC(CCCN)C(=O)O. The van der Waals surface area contributed by atoms with Gasteiger partial charge in [0.1, 0.15) is 12.1 Å². The standard InChI is InChI=1S/C50H88N2O5/c1-3-5-7-9-11-13-15-17-19-20-21-23-25-27-29-34-38-44-49(54)57-46(40-35-31-28-26-24-22-18-16-14-12-10-8-6-4-2)41-36-32-30-33-37-43-48(53)52-47(50(55)56)42-39-45-51/h5,7,11,13,17,19,21,23,27,29,46-47H,3-4,6,8-10,12,14-16,18,20,22,24-26,28,30-45,51H2,1-2H3,(H,52,53)(H,55,56)/b7-5-,13-11-,19-17-,23-21-,29-27-. The molecular weight excluding hydrogens is 709 g/mol. The number of hydrogen-bond acceptors (Lipinski definition) is 5. The summed E-state index contributed by atoms with van der Waals surface area (Å²) in [5, 5.41) is 12.0. The molecule has 328 valence electrons. The number of esters is 1. The van der Waals surface area contributed by atoms with Crippen LogP contribution in [0, 0.1) is 0 Å². The molecule has 0 aromatic carbocycles. The fraction of sp³-hybridized carbons (Fsp3) is 0.740. The van der Waals surface area contributed by atoms with Gasteiger partial charge in [-0.2, -0.15) is 0 Å². The summed E-state index contributed by atoms with van der Waals surface area (Å²) in [6, 6.07) is -0.863. The number of nitrogens with two attached hydrogens (primary N) is 1. The molecule has 0 aliphatic rings. The van der Waals surface area contributed by atoms with E-state index in [1.165, 1.54) is 83.5 Å². The minimum atomic E-state index is -1.01. The largest absolute Gasteiger partial charge is 0.480 e. The van der Waals surface area contributed by atoms with Crippen molar-refractivity contribution in [3.63, 3.8) is 0 Å². The monoisotopic (exact) mass is 797 g/mol. The lowest BCUT2D eigenvalue weighted by atomic mass is 10.0. The van der Waals surface area contributed by atoms with Gasteiger partial charge in [0.25, 0.3) is 0 Å². The lowest BCUT2D eigenvalue weighted by Gasteiger charge is -2.18. The minimum Gasteiger partial charge on any atom is -0.480 e. The highest BCUT2D eigenvalue weighted by molar-refractivity contribution is 5.83. The molecule has 0 aromatic rings. The van der Waals surface area contributed by atoms with Crippen molar-refractivity contribution in [1.29, 1.82) is 0 Å². The molecule has 0 aliphatic carbocycles. The minimum absolute atomic E-state index is 0.0178. The van der Waals surface area contributed by atoms with Crippen molar-refractivity contribution < 1.29 is 24.2 Å². The van der Waals surface area contributed by atoms with Gasteiger partial charge in [-0.3, -0.25) is 9.59 Å². The van der Waals surface area contributed by atoms with Crippen LogP contribution in [0.2, 0.25) is 0 Å². The van der Waals surface area contributed by atoms with Gasteiger partial charge < -0.3 is 20.9 Å². The van der Waals surface area contributed by atoms with Gasteiger partial charge in [-0.05, 0) is 96.4 Å². The fourth-order valence-electron chi connectivity index (χ4n) is 6.84. The third-order valence-electron chi connectivity index (χ3n) is 10.3. The van der Waals surface area contributed by atoms with E-state index in [9.17, 15) is 19.5 Å². The molecule has 0 rings (SSSR count). The van der Waals surface area contributed by atoms with Crippen molar-refractivity contribution >= 4 is 17.8 Å². The van der Waals surface area contributed by atoms with E-state index in [0.717, 1.165) is 96.3 Å². The number of amides is 1. The maximum absolute atomic E-state index is 12.8. The predicted octanol–water partition coefficient (Wildman–Crippen LogP) is 13.7. The number of allylic oxidation sites excluding steroid dienone is 10. The van der Waals surface area contributed by atoms with E-state index < -0.39 is 12.0 Å². The summed E-state index contributed by atoms with van der Waals surface area (Å²) >= 11 is 0. The Bertz CT molecular complexity index is 1080. The molecule has 0 fully saturated rings. The molecule has 1 amide bonds. The van der Waals surface area contributed by atoms with Crippen LogP contribution in [-0.2, 0) is 19.1 Å². The van der Waals surface area contributed by atoms with E-state index in [1.807, 2.05) is 0 Å². The topological polar surface area (TPSA) is 119 Å². The molecule has 0 radical (unpaired) electrons. The van der Waals surface area contributed by atoms with Crippen LogP contribution in [0.15, 0.2) is 60.8 Å². The Kier molecular flexibility index (Phi) is 41.9. The summed E-state index contributed by atoms with van der Waals surface area (Å²) in [5.41, 5.74) is 5.49. The maximum atomic E-state index is 12.8. The van der Waals surface area contributed by atoms with Crippen LogP contribution in [0.1, 0.15) is 219 Å². The molecule has 0 saturated carbocycles. The van der Waals surface area contributed by atoms with Gasteiger partial charge in [-0.25, -0.2) is 4.79 Å². The third kappa shape index (κ3) is 41.0. The average molecular weight is 797 g/mol. The number of rotatable bonds is 42. The summed E-state index contributed by atoms with van der Waals surface area (Å²) in [5.74, 6) is -1.29. The molecule has 0 aliphatic heterocycles. The van der Waals surface area contributed by atoms with Crippen molar-refractivity contribution in [2.45, 2.75) is 231 Å². The number of carboxylic acids is 1. The number of hydrogen-bond donors (Lipinski definition) is 3. The van der Waals surface area contributed by atoms with Crippen LogP contribution in [0.3, 0.4) is 0 Å². The Labute approximate surface area is 350 Å². The van der Waals surface area contributed by atoms with Crippen molar-refractivity contribution in [1.82, 2.24) is 5.32 Å². The highest BCUT2D eigenvalue weighted by Gasteiger charge is 2.19. The number of carbonyl (C=O) groups is 3. The van der Waals surface area contributed by atoms with Gasteiger partial charge in [0.2, 0.25) is 5.91 Å². The van der Waals surface area contributed by atoms with Crippen molar-refractivity contribution in [2.75, 3.05) is 6.54 Å². The predicted molar refractivity (Wildman–Crippen MR) is 243 cm³/mol. The summed E-state index contributed by atoms with van der Waals surface area (Å²) in [6.45, 7) is 4.84. The van der Waals surface area contributed by atoms with Gasteiger partial charge in [0.05, 0.1) is 0 Å². The Balaban J connectivity index is 4.43. The van der Waals surface area contributed by atoms with Gasteiger partial charge in [0, 0.05) is 12.8 Å². The summed E-state index contributed by atoms with van der Waals surface area (Å²) < 4.78 is 6.04. The van der Waals surface area contributed by atoms with E-state index in [4.69, 9.17) is 10.5 Å². The highest BCUT2D eigenvalue weighted by Crippen LogP contribution is 2.19. The van der Waals surface area contributed by atoms with E-state index in [2.05, 4.69) is 79.9 Å². The van der Waals surface area contributed by atoms with Crippen molar-refractivity contribution in [2.24, 2.45) is 5.73 Å². The zero-order valence-electron chi connectivity index (χ0n) is 36.9. The van der Waals surface area contributed by atoms with Gasteiger partial charge in [0.15, 0.2) is 0 Å². The molecule has 2 unspecified atom stereocenters. The Morgan fingerprint density at radius 3 is 1.42 bits per heavy atom. The molecule has 0 aromatic heterocycles. The highest BCUT2D eigenvalue weighted by atomic mass is 16.5. The third-order valence-corrected chi connectivity index (χ3v) is 10.3. The molecule has 57 heavy (non-hydrogen) atoms. The second-order valence-corrected chi connectivity index (χ2v) is 15.8. The second-order valence-electron chi connectivity index (χ2n) is 15.8. The van der Waals surface area contributed by atoms with Gasteiger partial charge >= 0.3 is 11.9 Å². The number of aliphatic carboxylic acids is 1. The fourth-order valence-corrected chi connectivity index (χ4v) is 6.84. The van der Waals surface area contributed by atoms with Crippen LogP contribution >= 0.6 is 0 Å². The molecule has 0 spiro atoms. The van der Waals surface area contributed by atoms with E-state index >= 15 is 0 Å². The molecule has 4 N–H and O–H groups in total. The Hall–Kier alpha value is -2.93. The smallest absolute Gasteiger partial charge is 0.326 e. The first kappa shape index (κ1) is 54.1. The van der Waals surface area contributed by atoms with E-state index in [0.29, 0.717) is 32.2 Å². The number of ether oxygens (including phenoxy) is 1. The number of carbonyl (C=O) groups excluding carboxylic acids is 2. The molecule has 7 heteroatoms. The first-order chi connectivity index (χ1) is 27.9. The Morgan fingerprint density at radius 2 is 0.965 bits per heavy atom.